The minimum atomic E-state index is -0.594. The van der Waals surface area contributed by atoms with Crippen molar-refractivity contribution in [2.75, 3.05) is 19.8 Å². The minimum Gasteiger partial charge on any atom is -0.466 e. The molecule has 88 valence electrons. The molecule has 0 spiro atoms. The van der Waals surface area contributed by atoms with Crippen LogP contribution in [0.5, 0.6) is 0 Å². The molecule has 0 aromatic heterocycles. The topological polar surface area (TPSA) is 55.8 Å². The van der Waals surface area contributed by atoms with E-state index in [4.69, 9.17) is 16.5 Å². The lowest BCUT2D eigenvalue weighted by Gasteiger charge is -2.12. The minimum absolute atomic E-state index is 0.246. The molecule has 0 N–H and O–H groups in total. The van der Waals surface area contributed by atoms with Crippen molar-refractivity contribution in [2.45, 2.75) is 26.7 Å². The highest BCUT2D eigenvalue weighted by Crippen LogP contribution is 2.03. The molecule has 0 unspecified atom stereocenters. The van der Waals surface area contributed by atoms with E-state index in [2.05, 4.69) is 4.74 Å². The first-order valence-electron chi connectivity index (χ1n) is 4.87. The zero-order valence-corrected chi connectivity index (χ0v) is 9.75. The Hall–Kier alpha value is -0.970. The number of halogens is 1. The van der Waals surface area contributed by atoms with Crippen LogP contribution in [0.15, 0.2) is 0 Å². The summed E-state index contributed by atoms with van der Waals surface area (Å²) < 4.78 is 10.3. The predicted molar refractivity (Wildman–Crippen MR) is 55.4 cm³/mol. The van der Waals surface area contributed by atoms with Gasteiger partial charge in [0.2, 0.25) is 0 Å². The summed E-state index contributed by atoms with van der Waals surface area (Å²) in [5, 5.41) is 0. The maximum absolute atomic E-state index is 11.0. The van der Waals surface area contributed by atoms with E-state index in [9.17, 15) is 9.59 Å². The first-order chi connectivity index (χ1) is 7.11. The molecule has 0 saturated carbocycles. The van der Waals surface area contributed by atoms with Gasteiger partial charge in [0.1, 0.15) is 0 Å². The monoisotopic (exact) mass is 237 g/mol. The zero-order valence-electron chi connectivity index (χ0n) is 8.99. The zero-order chi connectivity index (χ0) is 11.7. The molecule has 0 aromatic carbocycles. The highest BCUT2D eigenvalue weighted by Gasteiger charge is 2.12. The van der Waals surface area contributed by atoms with Gasteiger partial charge in [0.25, 0.3) is 0 Å². The molecule has 0 aliphatic carbocycles. The summed E-state index contributed by atoms with van der Waals surface area (Å²) in [4.78, 5) is 21.9. The summed E-state index contributed by atoms with van der Waals surface area (Å²) in [7, 11) is 0. The van der Waals surface area contributed by atoms with E-state index >= 15 is 0 Å². The van der Waals surface area contributed by atoms with E-state index < -0.39 is 6.09 Å². The van der Waals surface area contributed by atoms with Gasteiger partial charge in [-0.2, -0.15) is 0 Å². The van der Waals surface area contributed by atoms with Crippen molar-refractivity contribution in [3.8, 4) is 0 Å². The molecular formula is C9H16ClNO4. The van der Waals surface area contributed by atoms with Gasteiger partial charge in [0, 0.05) is 24.7 Å². The van der Waals surface area contributed by atoms with Crippen molar-refractivity contribution in [3.63, 3.8) is 0 Å². The van der Waals surface area contributed by atoms with Crippen molar-refractivity contribution in [1.82, 2.24) is 4.42 Å². The van der Waals surface area contributed by atoms with E-state index in [1.807, 2.05) is 0 Å². The quantitative estimate of drug-likeness (QED) is 0.523. The standard InChI is InChI=1S/C9H16ClNO4/c1-3-14-8(12)6-5-7-11(10)9(13)15-4-2/h3-7H2,1-2H3. The van der Waals surface area contributed by atoms with Gasteiger partial charge in [0.15, 0.2) is 0 Å². The molecule has 0 heterocycles. The number of carbonyl (C=O) groups excluding carboxylic acids is 2. The number of esters is 1. The summed E-state index contributed by atoms with van der Waals surface area (Å²) in [6, 6.07) is 0. The van der Waals surface area contributed by atoms with Gasteiger partial charge >= 0.3 is 12.1 Å². The highest BCUT2D eigenvalue weighted by atomic mass is 35.5. The number of ether oxygens (including phenoxy) is 2. The Morgan fingerprint density at radius 3 is 2.33 bits per heavy atom. The van der Waals surface area contributed by atoms with Crippen LogP contribution in [-0.2, 0) is 14.3 Å². The van der Waals surface area contributed by atoms with Crippen LogP contribution in [0.4, 0.5) is 4.79 Å². The van der Waals surface area contributed by atoms with E-state index in [1.165, 1.54) is 0 Å². The van der Waals surface area contributed by atoms with Crippen molar-refractivity contribution >= 4 is 23.8 Å². The molecule has 6 heteroatoms. The molecule has 0 saturated heterocycles. The first-order valence-corrected chi connectivity index (χ1v) is 5.21. The van der Waals surface area contributed by atoms with Crippen molar-refractivity contribution in [2.24, 2.45) is 0 Å². The van der Waals surface area contributed by atoms with Crippen molar-refractivity contribution < 1.29 is 19.1 Å². The summed E-state index contributed by atoms with van der Waals surface area (Å²) in [5.41, 5.74) is 0. The average molecular weight is 238 g/mol. The second-order valence-corrected chi connectivity index (χ2v) is 3.10. The smallest absolute Gasteiger partial charge is 0.424 e. The summed E-state index contributed by atoms with van der Waals surface area (Å²) in [6.45, 7) is 4.34. The van der Waals surface area contributed by atoms with Crippen LogP contribution in [0.25, 0.3) is 0 Å². The third-order valence-corrected chi connectivity index (χ3v) is 1.81. The molecule has 15 heavy (non-hydrogen) atoms. The maximum Gasteiger partial charge on any atom is 0.424 e. The van der Waals surface area contributed by atoms with Crippen LogP contribution in [-0.4, -0.2) is 36.2 Å². The van der Waals surface area contributed by atoms with Gasteiger partial charge in [-0.25, -0.2) is 9.21 Å². The number of nitrogens with zero attached hydrogens (tertiary/aromatic N) is 1. The first kappa shape index (κ1) is 14.0. The van der Waals surface area contributed by atoms with Crippen LogP contribution in [0.2, 0.25) is 0 Å². The lowest BCUT2D eigenvalue weighted by Crippen LogP contribution is -2.24. The van der Waals surface area contributed by atoms with E-state index in [0.29, 0.717) is 13.0 Å². The van der Waals surface area contributed by atoms with Gasteiger partial charge in [-0.05, 0) is 20.3 Å². The Kier molecular flexibility index (Phi) is 7.81. The SMILES string of the molecule is CCOC(=O)CCCN(Cl)C(=O)OCC. The Bertz CT molecular complexity index is 210. The van der Waals surface area contributed by atoms with Crippen LogP contribution in [0, 0.1) is 0 Å². The Morgan fingerprint density at radius 2 is 1.80 bits per heavy atom. The molecule has 0 rings (SSSR count). The van der Waals surface area contributed by atoms with Crippen LogP contribution >= 0.6 is 11.8 Å². The van der Waals surface area contributed by atoms with Crippen molar-refractivity contribution in [3.05, 3.63) is 0 Å². The Balaban J connectivity index is 3.58. The highest BCUT2D eigenvalue weighted by molar-refractivity contribution is 6.20. The summed E-state index contributed by atoms with van der Waals surface area (Å²) in [5.74, 6) is -0.286. The van der Waals surface area contributed by atoms with Gasteiger partial charge in [-0.3, -0.25) is 4.79 Å². The van der Waals surface area contributed by atoms with Crippen LogP contribution in [0.3, 0.4) is 0 Å². The van der Waals surface area contributed by atoms with Crippen LogP contribution < -0.4 is 0 Å². The molecule has 0 aliphatic heterocycles. The average Bonchev–Trinajstić information content (AvgIpc) is 2.18. The molecule has 0 bridgehead atoms. The predicted octanol–water partition coefficient (Wildman–Crippen LogP) is 1.94. The fourth-order valence-electron chi connectivity index (χ4n) is 0.880. The number of amides is 1. The molecule has 0 fully saturated rings. The molecule has 0 aromatic rings. The van der Waals surface area contributed by atoms with E-state index in [-0.39, 0.29) is 25.5 Å². The lowest BCUT2D eigenvalue weighted by atomic mass is 10.3. The number of hydrogen-bond acceptors (Lipinski definition) is 4. The van der Waals surface area contributed by atoms with E-state index in [0.717, 1.165) is 4.42 Å². The van der Waals surface area contributed by atoms with Gasteiger partial charge in [0.05, 0.1) is 13.2 Å². The summed E-state index contributed by atoms with van der Waals surface area (Å²) >= 11 is 5.58. The molecule has 0 aliphatic rings. The summed E-state index contributed by atoms with van der Waals surface area (Å²) in [6.07, 6.45) is 0.112. The third-order valence-electron chi connectivity index (χ3n) is 1.51. The van der Waals surface area contributed by atoms with Gasteiger partial charge < -0.3 is 9.47 Å². The number of rotatable bonds is 6. The number of hydrogen-bond donors (Lipinski definition) is 0. The van der Waals surface area contributed by atoms with E-state index in [1.54, 1.807) is 13.8 Å². The molecule has 5 nitrogen and oxygen atoms in total. The van der Waals surface area contributed by atoms with Crippen molar-refractivity contribution in [1.29, 1.82) is 0 Å². The maximum atomic E-state index is 11.0. The normalized spacial score (nSPS) is 9.53. The molecule has 0 radical (unpaired) electrons. The van der Waals surface area contributed by atoms with Gasteiger partial charge in [-0.1, -0.05) is 0 Å². The second kappa shape index (κ2) is 8.35. The lowest BCUT2D eigenvalue weighted by molar-refractivity contribution is -0.143. The fraction of sp³-hybridized carbons (Fsp3) is 0.778. The molecule has 1 amide bonds. The molecular weight excluding hydrogens is 222 g/mol. The second-order valence-electron chi connectivity index (χ2n) is 2.69. The Morgan fingerprint density at radius 1 is 1.20 bits per heavy atom. The molecule has 0 atom stereocenters. The Labute approximate surface area is 94.4 Å². The largest absolute Gasteiger partial charge is 0.466 e. The third kappa shape index (κ3) is 7.02. The fourth-order valence-corrected chi connectivity index (χ4v) is 1.05. The number of carbonyl (C=O) groups is 2. The van der Waals surface area contributed by atoms with Gasteiger partial charge in [-0.15, -0.1) is 0 Å². The van der Waals surface area contributed by atoms with Crippen LogP contribution in [0.1, 0.15) is 26.7 Å².